The van der Waals surface area contributed by atoms with Crippen molar-refractivity contribution in [3.63, 3.8) is 0 Å². The molecule has 0 aromatic heterocycles. The van der Waals surface area contributed by atoms with Gasteiger partial charge in [0.2, 0.25) is 5.91 Å². The van der Waals surface area contributed by atoms with Crippen molar-refractivity contribution in [2.24, 2.45) is 0 Å². The fourth-order valence-corrected chi connectivity index (χ4v) is 2.63. The molecular formula is C18H18Cl2N2O2. The minimum absolute atomic E-state index is 0.0280. The first-order valence-corrected chi connectivity index (χ1v) is 8.33. The van der Waals surface area contributed by atoms with Crippen LogP contribution in [0.5, 0.6) is 0 Å². The average Bonchev–Trinajstić information content (AvgIpc) is 2.56. The van der Waals surface area contributed by atoms with Gasteiger partial charge in [0.05, 0.1) is 15.7 Å². The smallest absolute Gasteiger partial charge is 0.255 e. The summed E-state index contributed by atoms with van der Waals surface area (Å²) in [5, 5.41) is 3.41. The molecule has 4 nitrogen and oxygen atoms in total. The molecule has 0 fully saturated rings. The number of carbonyl (C=O) groups is 2. The van der Waals surface area contributed by atoms with Crippen molar-refractivity contribution in [1.82, 2.24) is 0 Å². The fourth-order valence-electron chi connectivity index (χ4n) is 2.28. The molecule has 2 aromatic carbocycles. The van der Waals surface area contributed by atoms with Gasteiger partial charge in [0.25, 0.3) is 5.91 Å². The number of anilines is 2. The molecule has 2 aromatic rings. The van der Waals surface area contributed by atoms with Gasteiger partial charge >= 0.3 is 0 Å². The van der Waals surface area contributed by atoms with Gasteiger partial charge in [-0.25, -0.2) is 0 Å². The average molecular weight is 365 g/mol. The summed E-state index contributed by atoms with van der Waals surface area (Å²) in [5.41, 5.74) is 1.69. The summed E-state index contributed by atoms with van der Waals surface area (Å²) in [5.74, 6) is -0.324. The van der Waals surface area contributed by atoms with Crippen LogP contribution in [0.1, 0.15) is 30.6 Å². The first-order chi connectivity index (χ1) is 11.4. The van der Waals surface area contributed by atoms with E-state index < -0.39 is 0 Å². The molecule has 0 radical (unpaired) electrons. The van der Waals surface area contributed by atoms with Crippen molar-refractivity contribution in [1.29, 1.82) is 0 Å². The predicted octanol–water partition coefficient (Wildman–Crippen LogP) is 5.01. The monoisotopic (exact) mass is 364 g/mol. The lowest BCUT2D eigenvalue weighted by Crippen LogP contribution is -2.29. The van der Waals surface area contributed by atoms with Crippen molar-refractivity contribution < 1.29 is 9.59 Å². The van der Waals surface area contributed by atoms with E-state index in [2.05, 4.69) is 5.32 Å². The number of nitrogens with zero attached hydrogens (tertiary/aromatic N) is 1. The lowest BCUT2D eigenvalue weighted by molar-refractivity contribution is -0.116. The minimum atomic E-state index is -0.296. The quantitative estimate of drug-likeness (QED) is 0.810. The van der Waals surface area contributed by atoms with Crippen LogP contribution in [-0.2, 0) is 4.79 Å². The summed E-state index contributed by atoms with van der Waals surface area (Å²) in [7, 11) is 0. The highest BCUT2D eigenvalue weighted by Gasteiger charge is 2.13. The second kappa shape index (κ2) is 8.18. The van der Waals surface area contributed by atoms with Crippen LogP contribution in [0.2, 0.25) is 10.0 Å². The van der Waals surface area contributed by atoms with Crippen LogP contribution in [0.15, 0.2) is 42.5 Å². The van der Waals surface area contributed by atoms with Gasteiger partial charge in [-0.15, -0.1) is 0 Å². The van der Waals surface area contributed by atoms with Crippen LogP contribution < -0.4 is 10.2 Å². The Morgan fingerprint density at radius 3 is 2.33 bits per heavy atom. The number of hydrogen-bond donors (Lipinski definition) is 1. The Morgan fingerprint density at radius 2 is 1.75 bits per heavy atom. The van der Waals surface area contributed by atoms with Gasteiger partial charge in [-0.1, -0.05) is 36.2 Å². The van der Waals surface area contributed by atoms with E-state index in [1.807, 2.05) is 6.92 Å². The van der Waals surface area contributed by atoms with Crippen LogP contribution >= 0.6 is 23.2 Å². The number of benzene rings is 2. The van der Waals surface area contributed by atoms with Crippen molar-refractivity contribution in [2.75, 3.05) is 16.8 Å². The SMILES string of the molecule is CCCN(C(C)=O)c1ccc(C(=O)Nc2cccc(Cl)c2Cl)cc1. The molecule has 0 saturated heterocycles. The van der Waals surface area contributed by atoms with Crippen LogP contribution in [0, 0.1) is 0 Å². The number of amides is 2. The maximum atomic E-state index is 12.3. The summed E-state index contributed by atoms with van der Waals surface area (Å²) in [6, 6.07) is 11.9. The first kappa shape index (κ1) is 18.3. The summed E-state index contributed by atoms with van der Waals surface area (Å²) in [4.78, 5) is 25.7. The maximum absolute atomic E-state index is 12.3. The van der Waals surface area contributed by atoms with E-state index >= 15 is 0 Å². The Balaban J connectivity index is 2.16. The zero-order chi connectivity index (χ0) is 17.7. The molecule has 0 unspecified atom stereocenters. The molecular weight excluding hydrogens is 347 g/mol. The highest BCUT2D eigenvalue weighted by atomic mass is 35.5. The summed E-state index contributed by atoms with van der Waals surface area (Å²) < 4.78 is 0. The number of nitrogens with one attached hydrogen (secondary N) is 1. The number of rotatable bonds is 5. The first-order valence-electron chi connectivity index (χ1n) is 7.57. The van der Waals surface area contributed by atoms with E-state index in [0.717, 1.165) is 12.1 Å². The lowest BCUT2D eigenvalue weighted by atomic mass is 10.1. The van der Waals surface area contributed by atoms with Gasteiger partial charge in [-0.05, 0) is 42.8 Å². The molecule has 2 rings (SSSR count). The van der Waals surface area contributed by atoms with Crippen LogP contribution in [0.25, 0.3) is 0 Å². The van der Waals surface area contributed by atoms with Crippen LogP contribution in [-0.4, -0.2) is 18.4 Å². The van der Waals surface area contributed by atoms with Gasteiger partial charge in [-0.2, -0.15) is 0 Å². The largest absolute Gasteiger partial charge is 0.321 e. The Hall–Kier alpha value is -2.04. The molecule has 126 valence electrons. The highest BCUT2D eigenvalue weighted by molar-refractivity contribution is 6.44. The van der Waals surface area contributed by atoms with Crippen molar-refractivity contribution >= 4 is 46.4 Å². The van der Waals surface area contributed by atoms with Crippen molar-refractivity contribution in [2.45, 2.75) is 20.3 Å². The third-order valence-electron chi connectivity index (χ3n) is 3.47. The van der Waals surface area contributed by atoms with Crippen molar-refractivity contribution in [3.05, 3.63) is 58.1 Å². The molecule has 2 amide bonds. The number of halogens is 2. The van der Waals surface area contributed by atoms with Crippen LogP contribution in [0.4, 0.5) is 11.4 Å². The zero-order valence-electron chi connectivity index (χ0n) is 13.5. The second-order valence-corrected chi connectivity index (χ2v) is 6.06. The molecule has 0 aliphatic rings. The zero-order valence-corrected chi connectivity index (χ0v) is 15.0. The molecule has 6 heteroatoms. The predicted molar refractivity (Wildman–Crippen MR) is 99.2 cm³/mol. The topological polar surface area (TPSA) is 49.4 Å². The third-order valence-corrected chi connectivity index (χ3v) is 4.29. The van der Waals surface area contributed by atoms with Crippen LogP contribution in [0.3, 0.4) is 0 Å². The van der Waals surface area contributed by atoms with Gasteiger partial charge in [0.15, 0.2) is 0 Å². The fraction of sp³-hybridized carbons (Fsp3) is 0.222. The Morgan fingerprint density at radius 1 is 1.08 bits per heavy atom. The summed E-state index contributed by atoms with van der Waals surface area (Å²) >= 11 is 12.0. The van der Waals surface area contributed by atoms with E-state index in [4.69, 9.17) is 23.2 Å². The van der Waals surface area contributed by atoms with Gasteiger partial charge < -0.3 is 10.2 Å². The normalized spacial score (nSPS) is 10.3. The molecule has 24 heavy (non-hydrogen) atoms. The Bertz CT molecular complexity index is 745. The van der Waals surface area contributed by atoms with E-state index in [-0.39, 0.29) is 11.8 Å². The molecule has 0 spiro atoms. The molecule has 0 saturated carbocycles. The standard InChI is InChI=1S/C18H18Cl2N2O2/c1-3-11-22(12(2)23)14-9-7-13(8-10-14)18(24)21-16-6-4-5-15(19)17(16)20/h4-10H,3,11H2,1-2H3,(H,21,24). The van der Waals surface area contributed by atoms with E-state index in [0.29, 0.717) is 27.8 Å². The summed E-state index contributed by atoms with van der Waals surface area (Å²) in [6.07, 6.45) is 0.856. The lowest BCUT2D eigenvalue weighted by Gasteiger charge is -2.20. The Labute approximate surface area is 151 Å². The number of hydrogen-bond acceptors (Lipinski definition) is 2. The van der Waals surface area contributed by atoms with Gasteiger partial charge in [0, 0.05) is 24.7 Å². The minimum Gasteiger partial charge on any atom is -0.321 e. The van der Waals surface area contributed by atoms with E-state index in [1.165, 1.54) is 6.92 Å². The Kier molecular flexibility index (Phi) is 6.23. The van der Waals surface area contributed by atoms with E-state index in [1.54, 1.807) is 47.4 Å². The maximum Gasteiger partial charge on any atom is 0.255 e. The molecule has 0 aliphatic carbocycles. The molecule has 0 atom stereocenters. The van der Waals surface area contributed by atoms with Crippen molar-refractivity contribution in [3.8, 4) is 0 Å². The molecule has 0 bridgehead atoms. The summed E-state index contributed by atoms with van der Waals surface area (Å²) in [6.45, 7) is 4.17. The number of carbonyl (C=O) groups excluding carboxylic acids is 2. The third kappa shape index (κ3) is 4.28. The van der Waals surface area contributed by atoms with Gasteiger partial charge in [0.1, 0.15) is 0 Å². The molecule has 0 aliphatic heterocycles. The molecule has 0 heterocycles. The second-order valence-electron chi connectivity index (χ2n) is 5.27. The van der Waals surface area contributed by atoms with Gasteiger partial charge in [-0.3, -0.25) is 9.59 Å². The molecule has 1 N–H and O–H groups in total. The highest BCUT2D eigenvalue weighted by Crippen LogP contribution is 2.30. The van der Waals surface area contributed by atoms with E-state index in [9.17, 15) is 9.59 Å².